The molecule has 0 aromatic heterocycles. The lowest BCUT2D eigenvalue weighted by Crippen LogP contribution is -2.33. The van der Waals surface area contributed by atoms with Gasteiger partial charge in [-0.2, -0.15) is 0 Å². The summed E-state index contributed by atoms with van der Waals surface area (Å²) >= 11 is 0. The van der Waals surface area contributed by atoms with Crippen LogP contribution in [0.2, 0.25) is 0 Å². The molecule has 0 amide bonds. The predicted octanol–water partition coefficient (Wildman–Crippen LogP) is 1.90. The molecule has 1 atom stereocenters. The lowest BCUT2D eigenvalue weighted by Gasteiger charge is -2.32. The van der Waals surface area contributed by atoms with Crippen molar-refractivity contribution < 1.29 is 39.3 Å². The van der Waals surface area contributed by atoms with E-state index in [4.69, 9.17) is 9.79 Å². The number of phosphoric acid groups is 1. The number of aromatic hydroxyl groups is 2. The van der Waals surface area contributed by atoms with Crippen LogP contribution in [0.3, 0.4) is 0 Å². The fraction of sp³-hybridized carbons (Fsp3) is 0.250. The van der Waals surface area contributed by atoms with Gasteiger partial charge in [-0.15, -0.1) is 0 Å². The minimum Gasteiger partial charge on any atom is -0.508 e. The number of hydrogen-bond donors (Lipinski definition) is 6. The quantitative estimate of drug-likeness (QED) is 0.334. The summed E-state index contributed by atoms with van der Waals surface area (Å²) in [4.78, 5) is 18.0. The predicted molar refractivity (Wildman–Crippen MR) is 88.0 cm³/mol. The van der Waals surface area contributed by atoms with Crippen LogP contribution in [-0.2, 0) is 10.4 Å². The first kappa shape index (κ1) is 19.2. The second-order valence-corrected chi connectivity index (χ2v) is 6.70. The van der Waals surface area contributed by atoms with Crippen molar-refractivity contribution in [3.05, 3.63) is 53.6 Å². The highest BCUT2D eigenvalue weighted by atomic mass is 31.2. The third-order valence-electron chi connectivity index (χ3n) is 3.77. The van der Waals surface area contributed by atoms with Crippen LogP contribution in [0, 0.1) is 0 Å². The summed E-state index contributed by atoms with van der Waals surface area (Å²) in [6.07, 6.45) is 0.239. The molecule has 2 rings (SSSR count). The molecule has 0 radical (unpaired) electrons. The molecule has 0 saturated carbocycles. The van der Waals surface area contributed by atoms with Gasteiger partial charge in [-0.1, -0.05) is 19.1 Å². The maximum Gasteiger partial charge on any atom is 0.524 e. The van der Waals surface area contributed by atoms with Crippen molar-refractivity contribution in [1.82, 2.24) is 0 Å². The van der Waals surface area contributed by atoms with Gasteiger partial charge in [-0.3, -0.25) is 9.79 Å². The van der Waals surface area contributed by atoms with Crippen molar-refractivity contribution in [2.75, 3.05) is 0 Å². The van der Waals surface area contributed by atoms with Gasteiger partial charge in [-0.05, 0) is 42.3 Å². The Kier molecular flexibility index (Phi) is 5.41. The Balaban J connectivity index is 2.54. The molecular formula is C16H19O8P. The zero-order valence-electron chi connectivity index (χ0n) is 13.3. The van der Waals surface area contributed by atoms with E-state index in [-0.39, 0.29) is 17.9 Å². The highest BCUT2D eigenvalue weighted by molar-refractivity contribution is 7.46. The monoisotopic (exact) mass is 370 g/mol. The summed E-state index contributed by atoms with van der Waals surface area (Å²) in [5, 5.41) is 40.5. The summed E-state index contributed by atoms with van der Waals surface area (Å²) in [5.74, 6) is -4.32. The summed E-state index contributed by atoms with van der Waals surface area (Å²) < 4.78 is 15.6. The van der Waals surface area contributed by atoms with Crippen molar-refractivity contribution in [3.63, 3.8) is 0 Å². The minimum absolute atomic E-state index is 0.00274. The molecule has 0 spiro atoms. The Hall–Kier alpha value is -2.09. The molecule has 0 saturated heterocycles. The molecule has 6 N–H and O–H groups in total. The van der Waals surface area contributed by atoms with Crippen molar-refractivity contribution in [3.8, 4) is 17.2 Å². The summed E-state index contributed by atoms with van der Waals surface area (Å²) in [6, 6.07) is 8.86. The van der Waals surface area contributed by atoms with Gasteiger partial charge in [0.05, 0.1) is 5.56 Å². The Morgan fingerprint density at radius 3 is 2.12 bits per heavy atom. The van der Waals surface area contributed by atoms with Crippen molar-refractivity contribution >= 4 is 7.82 Å². The van der Waals surface area contributed by atoms with E-state index in [9.17, 15) is 25.0 Å². The highest BCUT2D eigenvalue weighted by Crippen LogP contribution is 2.46. The molecule has 0 aliphatic carbocycles. The first-order chi connectivity index (χ1) is 11.5. The largest absolute Gasteiger partial charge is 0.524 e. The first-order valence-corrected chi connectivity index (χ1v) is 8.90. The second kappa shape index (κ2) is 7.03. The fourth-order valence-corrected chi connectivity index (χ4v) is 3.08. The van der Waals surface area contributed by atoms with E-state index < -0.39 is 30.8 Å². The molecule has 136 valence electrons. The van der Waals surface area contributed by atoms with E-state index >= 15 is 0 Å². The van der Waals surface area contributed by atoms with Crippen LogP contribution in [0.15, 0.2) is 42.5 Å². The number of hydrogen-bond acceptors (Lipinski definition) is 6. The molecule has 0 bridgehead atoms. The van der Waals surface area contributed by atoms with E-state index in [1.54, 1.807) is 6.92 Å². The molecule has 25 heavy (non-hydrogen) atoms. The molecule has 9 heteroatoms. The van der Waals surface area contributed by atoms with Gasteiger partial charge in [0.25, 0.3) is 0 Å². The zero-order chi connectivity index (χ0) is 18.8. The van der Waals surface area contributed by atoms with Crippen molar-refractivity contribution in [2.24, 2.45) is 0 Å². The Bertz CT molecular complexity index is 781. The maximum atomic E-state index is 11.1. The third-order valence-corrected chi connectivity index (χ3v) is 4.20. The molecule has 2 aromatic carbocycles. The average Bonchev–Trinajstić information content (AvgIpc) is 2.50. The molecular weight excluding hydrogens is 351 g/mol. The van der Waals surface area contributed by atoms with Crippen LogP contribution < -0.4 is 4.52 Å². The molecule has 2 aromatic rings. The Labute approximate surface area is 143 Å². The number of phosphoric ester groups is 1. The topological polar surface area (TPSA) is 148 Å². The van der Waals surface area contributed by atoms with E-state index in [1.807, 2.05) is 0 Å². The Morgan fingerprint density at radius 1 is 1.04 bits per heavy atom. The molecule has 1 unspecified atom stereocenters. The first-order valence-electron chi connectivity index (χ1n) is 7.37. The van der Waals surface area contributed by atoms with Crippen LogP contribution in [-0.4, -0.2) is 30.2 Å². The van der Waals surface area contributed by atoms with Crippen LogP contribution in [0.5, 0.6) is 17.2 Å². The van der Waals surface area contributed by atoms with Gasteiger partial charge >= 0.3 is 7.82 Å². The molecule has 0 aliphatic heterocycles. The third kappa shape index (κ3) is 4.50. The highest BCUT2D eigenvalue weighted by Gasteiger charge is 2.40. The summed E-state index contributed by atoms with van der Waals surface area (Å²) in [7, 11) is -4.95. The smallest absolute Gasteiger partial charge is 0.508 e. The van der Waals surface area contributed by atoms with Gasteiger partial charge < -0.3 is 24.9 Å². The average molecular weight is 370 g/mol. The molecule has 8 nitrogen and oxygen atoms in total. The van der Waals surface area contributed by atoms with Gasteiger partial charge in [-0.25, -0.2) is 4.57 Å². The lowest BCUT2D eigenvalue weighted by molar-refractivity contribution is -0.189. The van der Waals surface area contributed by atoms with E-state index in [1.165, 1.54) is 24.3 Å². The van der Waals surface area contributed by atoms with E-state index in [0.29, 0.717) is 5.56 Å². The number of phenolic OH excluding ortho intramolecular Hbond substituents is 2. The number of rotatable bonds is 6. The van der Waals surface area contributed by atoms with E-state index in [2.05, 4.69) is 4.52 Å². The summed E-state index contributed by atoms with van der Waals surface area (Å²) in [6.45, 7) is 1.69. The van der Waals surface area contributed by atoms with Gasteiger partial charge in [0, 0.05) is 5.92 Å². The van der Waals surface area contributed by atoms with E-state index in [0.717, 1.165) is 18.2 Å². The second-order valence-electron chi connectivity index (χ2n) is 5.54. The van der Waals surface area contributed by atoms with Crippen molar-refractivity contribution in [2.45, 2.75) is 25.0 Å². The fourth-order valence-electron chi connectivity index (χ4n) is 2.66. The van der Waals surface area contributed by atoms with Crippen LogP contribution in [0.4, 0.5) is 0 Å². The lowest BCUT2D eigenvalue weighted by atomic mass is 9.83. The van der Waals surface area contributed by atoms with Gasteiger partial charge in [0.2, 0.25) is 5.79 Å². The van der Waals surface area contributed by atoms with Crippen LogP contribution >= 0.6 is 7.82 Å². The standard InChI is InChI=1S/C16H19O8P/c1-2-13(10-3-5-11(17)6-4-10)16(19,20)14-9-12(18)7-8-15(14)24-25(21,22)23/h3-9,13,17-20H,2H2,1H3,(H2,21,22,23). The molecule has 0 heterocycles. The van der Waals surface area contributed by atoms with Gasteiger partial charge in [0.1, 0.15) is 17.2 Å². The zero-order valence-corrected chi connectivity index (χ0v) is 14.2. The number of aliphatic hydroxyl groups is 2. The number of benzene rings is 2. The SMILES string of the molecule is CCC(c1ccc(O)cc1)C(O)(O)c1cc(O)ccc1OP(=O)(O)O. The Morgan fingerprint density at radius 2 is 1.60 bits per heavy atom. The van der Waals surface area contributed by atoms with Crippen LogP contribution in [0.25, 0.3) is 0 Å². The maximum absolute atomic E-state index is 11.1. The van der Waals surface area contributed by atoms with Crippen LogP contribution in [0.1, 0.15) is 30.4 Å². The van der Waals surface area contributed by atoms with Crippen molar-refractivity contribution in [1.29, 1.82) is 0 Å². The van der Waals surface area contributed by atoms with Gasteiger partial charge in [0.15, 0.2) is 0 Å². The molecule has 0 aliphatic rings. The normalized spacial score (nSPS) is 13.5. The number of phenols is 2. The summed E-state index contributed by atoms with van der Waals surface area (Å²) in [5.41, 5.74) is 0.0755. The molecule has 0 fully saturated rings. The minimum atomic E-state index is -4.95.